The van der Waals surface area contributed by atoms with Gasteiger partial charge in [0.2, 0.25) is 0 Å². The number of carboxylic acid groups (broad SMARTS) is 1. The van der Waals surface area contributed by atoms with Crippen molar-refractivity contribution >= 4 is 23.1 Å². The van der Waals surface area contributed by atoms with Gasteiger partial charge in [0.1, 0.15) is 0 Å². The van der Waals surface area contributed by atoms with Gasteiger partial charge in [-0.2, -0.15) is 5.10 Å². The van der Waals surface area contributed by atoms with E-state index in [0.717, 1.165) is 37.6 Å². The first-order valence-corrected chi connectivity index (χ1v) is 8.18. The molecule has 25 heavy (non-hydrogen) atoms. The molecule has 0 saturated carbocycles. The van der Waals surface area contributed by atoms with E-state index >= 15 is 0 Å². The van der Waals surface area contributed by atoms with Gasteiger partial charge < -0.3 is 19.5 Å². The summed E-state index contributed by atoms with van der Waals surface area (Å²) in [6, 6.07) is 14.6. The summed E-state index contributed by atoms with van der Waals surface area (Å²) in [4.78, 5) is 13.0. The molecule has 0 aliphatic carbocycles. The van der Waals surface area contributed by atoms with Crippen molar-refractivity contribution in [2.24, 2.45) is 5.10 Å². The highest BCUT2D eigenvalue weighted by Gasteiger charge is 2.11. The molecule has 2 aromatic carbocycles. The van der Waals surface area contributed by atoms with E-state index in [-0.39, 0.29) is 5.56 Å². The van der Waals surface area contributed by atoms with Crippen molar-refractivity contribution in [2.45, 2.75) is 6.92 Å². The van der Waals surface area contributed by atoms with Gasteiger partial charge in [0.15, 0.2) is 0 Å². The smallest absolute Gasteiger partial charge is 0.0715 e. The van der Waals surface area contributed by atoms with Crippen molar-refractivity contribution in [1.29, 1.82) is 0 Å². The molecule has 0 aromatic heterocycles. The summed E-state index contributed by atoms with van der Waals surface area (Å²) >= 11 is 0. The van der Waals surface area contributed by atoms with E-state index in [1.165, 1.54) is 17.8 Å². The predicted molar refractivity (Wildman–Crippen MR) is 96.1 cm³/mol. The summed E-state index contributed by atoms with van der Waals surface area (Å²) in [5, 5.41) is 15.1. The van der Waals surface area contributed by atoms with E-state index < -0.39 is 5.97 Å². The number of carboxylic acids is 1. The minimum Gasteiger partial charge on any atom is -0.545 e. The van der Waals surface area contributed by atoms with Gasteiger partial charge in [-0.05, 0) is 42.3 Å². The minimum absolute atomic E-state index is 0.143. The highest BCUT2D eigenvalue weighted by atomic mass is 16.5. The van der Waals surface area contributed by atoms with E-state index in [1.54, 1.807) is 12.1 Å². The maximum atomic E-state index is 10.7. The number of aromatic carboxylic acids is 1. The van der Waals surface area contributed by atoms with Gasteiger partial charge in [-0.25, -0.2) is 0 Å². The number of carbonyl (C=O) groups is 1. The molecule has 1 aliphatic rings. The monoisotopic (exact) mass is 338 g/mol. The number of hydrazone groups is 1. The molecule has 1 fully saturated rings. The van der Waals surface area contributed by atoms with Crippen LogP contribution in [0.5, 0.6) is 0 Å². The summed E-state index contributed by atoms with van der Waals surface area (Å²) in [7, 11) is 0. The number of carbonyl (C=O) groups excluding carboxylic acids is 1. The quantitative estimate of drug-likeness (QED) is 0.663. The van der Waals surface area contributed by atoms with Crippen LogP contribution in [0.15, 0.2) is 53.6 Å². The lowest BCUT2D eigenvalue weighted by molar-refractivity contribution is -0.255. The van der Waals surface area contributed by atoms with Crippen molar-refractivity contribution in [3.63, 3.8) is 0 Å². The Morgan fingerprint density at radius 2 is 1.64 bits per heavy atom. The SMILES string of the molecule is C/C(=N/Nc1ccc(C(=O)[O-])cc1)c1ccc(N2CCOCC2)cc1. The second kappa shape index (κ2) is 7.81. The molecule has 130 valence electrons. The van der Waals surface area contributed by atoms with Gasteiger partial charge in [-0.15, -0.1) is 0 Å². The first-order chi connectivity index (χ1) is 12.1. The Bertz CT molecular complexity index is 748. The van der Waals surface area contributed by atoms with E-state index in [0.29, 0.717) is 5.69 Å². The maximum absolute atomic E-state index is 10.7. The number of nitrogens with zero attached hydrogens (tertiary/aromatic N) is 2. The Morgan fingerprint density at radius 3 is 2.24 bits per heavy atom. The van der Waals surface area contributed by atoms with Crippen LogP contribution in [0.2, 0.25) is 0 Å². The topological polar surface area (TPSA) is 77.0 Å². The minimum atomic E-state index is -1.19. The number of ether oxygens (including phenoxy) is 1. The second-order valence-corrected chi connectivity index (χ2v) is 5.82. The molecule has 6 heteroatoms. The zero-order chi connectivity index (χ0) is 17.6. The van der Waals surface area contributed by atoms with Crippen molar-refractivity contribution in [3.05, 3.63) is 59.7 Å². The highest BCUT2D eigenvalue weighted by Crippen LogP contribution is 2.17. The van der Waals surface area contributed by atoms with Crippen LogP contribution in [-0.2, 0) is 4.74 Å². The van der Waals surface area contributed by atoms with Crippen molar-refractivity contribution < 1.29 is 14.6 Å². The third kappa shape index (κ3) is 4.36. The Morgan fingerprint density at radius 1 is 1.04 bits per heavy atom. The first kappa shape index (κ1) is 17.0. The highest BCUT2D eigenvalue weighted by molar-refractivity contribution is 5.99. The van der Waals surface area contributed by atoms with E-state index in [9.17, 15) is 9.90 Å². The number of hydrogen-bond donors (Lipinski definition) is 1. The molecule has 3 rings (SSSR count). The Kier molecular flexibility index (Phi) is 5.30. The van der Waals surface area contributed by atoms with Gasteiger partial charge >= 0.3 is 0 Å². The van der Waals surface area contributed by atoms with E-state index in [2.05, 4.69) is 27.6 Å². The summed E-state index contributed by atoms with van der Waals surface area (Å²) in [6.07, 6.45) is 0. The van der Waals surface area contributed by atoms with E-state index in [4.69, 9.17) is 4.74 Å². The van der Waals surface area contributed by atoms with Crippen molar-refractivity contribution in [2.75, 3.05) is 36.6 Å². The summed E-state index contributed by atoms with van der Waals surface area (Å²) in [5.74, 6) is -1.19. The molecule has 2 aromatic rings. The Hall–Kier alpha value is -2.86. The number of rotatable bonds is 5. The normalized spacial score (nSPS) is 15.1. The van der Waals surface area contributed by atoms with Crippen LogP contribution in [-0.4, -0.2) is 38.0 Å². The van der Waals surface area contributed by atoms with Gasteiger partial charge in [0, 0.05) is 18.8 Å². The molecule has 1 heterocycles. The van der Waals surface area contributed by atoms with E-state index in [1.807, 2.05) is 19.1 Å². The molecule has 1 saturated heterocycles. The van der Waals surface area contributed by atoms with Crippen LogP contribution in [0.4, 0.5) is 11.4 Å². The first-order valence-electron chi connectivity index (χ1n) is 8.18. The molecule has 1 N–H and O–H groups in total. The zero-order valence-corrected chi connectivity index (χ0v) is 14.1. The van der Waals surface area contributed by atoms with Gasteiger partial charge in [-0.3, -0.25) is 5.43 Å². The molecule has 6 nitrogen and oxygen atoms in total. The van der Waals surface area contributed by atoms with Gasteiger partial charge in [-0.1, -0.05) is 24.3 Å². The summed E-state index contributed by atoms with van der Waals surface area (Å²) < 4.78 is 5.37. The summed E-state index contributed by atoms with van der Waals surface area (Å²) in [5.41, 5.74) is 6.85. The Balaban J connectivity index is 1.64. The van der Waals surface area contributed by atoms with Crippen LogP contribution in [0.3, 0.4) is 0 Å². The molecule has 0 radical (unpaired) electrons. The molecule has 0 amide bonds. The molecule has 0 atom stereocenters. The standard InChI is InChI=1S/C19H21N3O3/c1-14(20-21-17-6-2-16(3-7-17)19(23)24)15-4-8-18(9-5-15)22-10-12-25-13-11-22/h2-9,21H,10-13H2,1H3,(H,23,24)/p-1/b20-14-. The maximum Gasteiger partial charge on any atom is 0.0715 e. The van der Waals surface area contributed by atoms with Crippen molar-refractivity contribution in [3.8, 4) is 0 Å². The van der Waals surface area contributed by atoms with Crippen LogP contribution < -0.4 is 15.4 Å². The zero-order valence-electron chi connectivity index (χ0n) is 14.1. The number of hydrogen-bond acceptors (Lipinski definition) is 6. The number of morpholine rings is 1. The second-order valence-electron chi connectivity index (χ2n) is 5.82. The molecule has 1 aliphatic heterocycles. The average Bonchev–Trinajstić information content (AvgIpc) is 2.67. The number of benzene rings is 2. The number of anilines is 2. The largest absolute Gasteiger partial charge is 0.545 e. The van der Waals surface area contributed by atoms with Crippen LogP contribution in [0.1, 0.15) is 22.8 Å². The molecule has 0 bridgehead atoms. The lowest BCUT2D eigenvalue weighted by Gasteiger charge is -2.28. The fraction of sp³-hybridized carbons (Fsp3) is 0.263. The lowest BCUT2D eigenvalue weighted by atomic mass is 10.1. The van der Waals surface area contributed by atoms with Crippen LogP contribution in [0.25, 0.3) is 0 Å². The molecular formula is C19H20N3O3-. The third-order valence-corrected chi connectivity index (χ3v) is 4.13. The van der Waals surface area contributed by atoms with Crippen LogP contribution in [0, 0.1) is 0 Å². The molecule has 0 spiro atoms. The molecular weight excluding hydrogens is 318 g/mol. The fourth-order valence-corrected chi connectivity index (χ4v) is 2.63. The van der Waals surface area contributed by atoms with Crippen molar-refractivity contribution in [1.82, 2.24) is 0 Å². The Labute approximate surface area is 146 Å². The third-order valence-electron chi connectivity index (χ3n) is 4.13. The fourth-order valence-electron chi connectivity index (χ4n) is 2.63. The van der Waals surface area contributed by atoms with Gasteiger partial charge in [0.05, 0.1) is 30.6 Å². The number of nitrogens with one attached hydrogen (secondary N) is 1. The molecule has 0 unspecified atom stereocenters. The summed E-state index contributed by atoms with van der Waals surface area (Å²) in [6.45, 7) is 5.28. The average molecular weight is 338 g/mol. The predicted octanol–water partition coefficient (Wildman–Crippen LogP) is 1.72. The van der Waals surface area contributed by atoms with Crippen LogP contribution >= 0.6 is 0 Å². The lowest BCUT2D eigenvalue weighted by Crippen LogP contribution is -2.36. The van der Waals surface area contributed by atoms with Gasteiger partial charge in [0.25, 0.3) is 0 Å².